The van der Waals surface area contributed by atoms with Crippen molar-refractivity contribution in [1.29, 1.82) is 0 Å². The molecular weight excluding hydrogens is 260 g/mol. The van der Waals surface area contributed by atoms with Crippen molar-refractivity contribution >= 4 is 17.7 Å². The Morgan fingerprint density at radius 1 is 1.25 bits per heavy atom. The van der Waals surface area contributed by atoms with Crippen LogP contribution in [0.1, 0.15) is 10.4 Å². The second kappa shape index (κ2) is 6.37. The van der Waals surface area contributed by atoms with E-state index in [1.165, 1.54) is 12.1 Å². The molecule has 2 amide bonds. The van der Waals surface area contributed by atoms with Crippen LogP contribution < -0.4 is 10.6 Å². The molecule has 20 heavy (non-hydrogen) atoms. The number of carbonyl (C=O) groups is 2. The number of nitrogens with zero attached hydrogens (tertiary/aromatic N) is 2. The summed E-state index contributed by atoms with van der Waals surface area (Å²) in [6.45, 7) is 1.10. The molecule has 1 heterocycles. The zero-order chi connectivity index (χ0) is 14.4. The van der Waals surface area contributed by atoms with Crippen LogP contribution in [-0.4, -0.2) is 33.2 Å². The largest absolute Gasteiger partial charge is 0.478 e. The van der Waals surface area contributed by atoms with Crippen LogP contribution in [0.5, 0.6) is 0 Å². The van der Waals surface area contributed by atoms with E-state index in [9.17, 15) is 9.59 Å². The maximum Gasteiger partial charge on any atom is 0.335 e. The molecular formula is C13H14N4O3. The summed E-state index contributed by atoms with van der Waals surface area (Å²) in [6.07, 6.45) is 5.15. The van der Waals surface area contributed by atoms with Crippen LogP contribution in [0.2, 0.25) is 0 Å². The van der Waals surface area contributed by atoms with Gasteiger partial charge in [-0.1, -0.05) is 0 Å². The Morgan fingerprint density at radius 3 is 2.60 bits per heavy atom. The monoisotopic (exact) mass is 274 g/mol. The Labute approximate surface area is 115 Å². The summed E-state index contributed by atoms with van der Waals surface area (Å²) in [4.78, 5) is 26.2. The van der Waals surface area contributed by atoms with E-state index in [4.69, 9.17) is 5.11 Å². The highest BCUT2D eigenvalue weighted by Gasteiger charge is 2.04. The van der Waals surface area contributed by atoms with Gasteiger partial charge in [0.2, 0.25) is 0 Å². The van der Waals surface area contributed by atoms with E-state index >= 15 is 0 Å². The second-order valence-electron chi connectivity index (χ2n) is 4.06. The van der Waals surface area contributed by atoms with Crippen LogP contribution in [0.15, 0.2) is 43.0 Å². The number of urea groups is 1. The Balaban J connectivity index is 1.77. The van der Waals surface area contributed by atoms with Crippen molar-refractivity contribution in [1.82, 2.24) is 14.9 Å². The number of carboxylic acids is 1. The number of anilines is 1. The minimum absolute atomic E-state index is 0.177. The van der Waals surface area contributed by atoms with Crippen LogP contribution in [-0.2, 0) is 6.54 Å². The fourth-order valence-corrected chi connectivity index (χ4v) is 1.59. The highest BCUT2D eigenvalue weighted by atomic mass is 16.4. The van der Waals surface area contributed by atoms with Crippen molar-refractivity contribution < 1.29 is 14.7 Å². The minimum Gasteiger partial charge on any atom is -0.478 e. The van der Waals surface area contributed by atoms with Gasteiger partial charge in [0, 0.05) is 31.2 Å². The second-order valence-corrected chi connectivity index (χ2v) is 4.06. The molecule has 104 valence electrons. The zero-order valence-corrected chi connectivity index (χ0v) is 10.6. The molecule has 1 aromatic carbocycles. The van der Waals surface area contributed by atoms with Crippen LogP contribution in [0.3, 0.4) is 0 Å². The quantitative estimate of drug-likeness (QED) is 0.768. The van der Waals surface area contributed by atoms with Gasteiger partial charge in [0.05, 0.1) is 11.9 Å². The Hall–Kier alpha value is -2.83. The van der Waals surface area contributed by atoms with Gasteiger partial charge >= 0.3 is 12.0 Å². The number of imidazole rings is 1. The first-order chi connectivity index (χ1) is 9.65. The number of hydrogen-bond donors (Lipinski definition) is 3. The van der Waals surface area contributed by atoms with Crippen LogP contribution in [0, 0.1) is 0 Å². The number of benzene rings is 1. The smallest absolute Gasteiger partial charge is 0.335 e. The summed E-state index contributed by atoms with van der Waals surface area (Å²) < 4.78 is 1.85. The topological polar surface area (TPSA) is 96.3 Å². The molecule has 7 heteroatoms. The lowest BCUT2D eigenvalue weighted by Crippen LogP contribution is -2.31. The molecule has 0 saturated heterocycles. The highest BCUT2D eigenvalue weighted by molar-refractivity contribution is 5.91. The van der Waals surface area contributed by atoms with E-state index in [0.29, 0.717) is 18.8 Å². The summed E-state index contributed by atoms with van der Waals surface area (Å²) in [7, 11) is 0. The van der Waals surface area contributed by atoms with E-state index in [-0.39, 0.29) is 11.6 Å². The van der Waals surface area contributed by atoms with Gasteiger partial charge in [-0.05, 0) is 24.3 Å². The molecule has 2 aromatic rings. The van der Waals surface area contributed by atoms with Crippen LogP contribution >= 0.6 is 0 Å². The Morgan fingerprint density at radius 2 is 2.00 bits per heavy atom. The first-order valence-corrected chi connectivity index (χ1v) is 5.99. The maximum absolute atomic E-state index is 11.6. The van der Waals surface area contributed by atoms with Crippen LogP contribution in [0.25, 0.3) is 0 Å². The minimum atomic E-state index is -0.999. The van der Waals surface area contributed by atoms with Crippen molar-refractivity contribution in [3.63, 3.8) is 0 Å². The Bertz CT molecular complexity index is 578. The normalized spacial score (nSPS) is 10.0. The molecule has 0 bridgehead atoms. The average Bonchev–Trinajstić information content (AvgIpc) is 2.92. The summed E-state index contributed by atoms with van der Waals surface area (Å²) >= 11 is 0. The number of carbonyl (C=O) groups excluding carboxylic acids is 1. The number of nitrogens with one attached hydrogen (secondary N) is 2. The first kappa shape index (κ1) is 13.6. The lowest BCUT2D eigenvalue weighted by Gasteiger charge is -2.08. The highest BCUT2D eigenvalue weighted by Crippen LogP contribution is 2.09. The standard InChI is InChI=1S/C13H14N4O3/c18-12(19)10-1-3-11(4-2-10)16-13(20)15-6-8-17-7-5-14-9-17/h1-5,7,9H,6,8H2,(H,18,19)(H2,15,16,20). The van der Waals surface area contributed by atoms with Gasteiger partial charge in [0.25, 0.3) is 0 Å². The number of amides is 2. The van der Waals surface area contributed by atoms with Gasteiger partial charge in [0.1, 0.15) is 0 Å². The lowest BCUT2D eigenvalue weighted by atomic mass is 10.2. The van der Waals surface area contributed by atoms with Crippen molar-refractivity contribution in [3.8, 4) is 0 Å². The van der Waals surface area contributed by atoms with E-state index in [1.54, 1.807) is 24.7 Å². The lowest BCUT2D eigenvalue weighted by molar-refractivity contribution is 0.0697. The van der Waals surface area contributed by atoms with Gasteiger partial charge in [0.15, 0.2) is 0 Å². The van der Waals surface area contributed by atoms with Gasteiger partial charge in [-0.3, -0.25) is 0 Å². The molecule has 0 saturated carbocycles. The van der Waals surface area contributed by atoms with Crippen molar-refractivity contribution in [3.05, 3.63) is 48.5 Å². The molecule has 0 aliphatic carbocycles. The molecule has 0 aliphatic rings. The third-order valence-electron chi connectivity index (χ3n) is 2.60. The maximum atomic E-state index is 11.6. The molecule has 0 spiro atoms. The van der Waals surface area contributed by atoms with E-state index in [2.05, 4.69) is 15.6 Å². The van der Waals surface area contributed by atoms with Gasteiger partial charge in [-0.2, -0.15) is 0 Å². The van der Waals surface area contributed by atoms with Gasteiger partial charge < -0.3 is 20.3 Å². The molecule has 0 aliphatic heterocycles. The third kappa shape index (κ3) is 3.84. The molecule has 2 rings (SSSR count). The van der Waals surface area contributed by atoms with Gasteiger partial charge in [-0.25, -0.2) is 14.6 Å². The molecule has 0 radical (unpaired) electrons. The van der Waals surface area contributed by atoms with E-state index < -0.39 is 5.97 Å². The van der Waals surface area contributed by atoms with Crippen molar-refractivity contribution in [2.24, 2.45) is 0 Å². The van der Waals surface area contributed by atoms with E-state index in [1.807, 2.05) is 10.8 Å². The number of aromatic nitrogens is 2. The van der Waals surface area contributed by atoms with Crippen molar-refractivity contribution in [2.75, 3.05) is 11.9 Å². The van der Waals surface area contributed by atoms with Gasteiger partial charge in [-0.15, -0.1) is 0 Å². The van der Waals surface area contributed by atoms with Crippen LogP contribution in [0.4, 0.5) is 10.5 Å². The predicted octanol–water partition coefficient (Wildman–Crippen LogP) is 1.40. The number of carboxylic acid groups (broad SMARTS) is 1. The fraction of sp³-hybridized carbons (Fsp3) is 0.154. The molecule has 7 nitrogen and oxygen atoms in total. The molecule has 3 N–H and O–H groups in total. The predicted molar refractivity (Wildman–Crippen MR) is 72.6 cm³/mol. The first-order valence-electron chi connectivity index (χ1n) is 5.99. The molecule has 0 unspecified atom stereocenters. The Kier molecular flexibility index (Phi) is 4.33. The van der Waals surface area contributed by atoms with E-state index in [0.717, 1.165) is 0 Å². The zero-order valence-electron chi connectivity index (χ0n) is 10.6. The molecule has 1 aromatic heterocycles. The number of hydrogen-bond acceptors (Lipinski definition) is 3. The third-order valence-corrected chi connectivity index (χ3v) is 2.60. The molecule has 0 atom stereocenters. The summed E-state index contributed by atoms with van der Waals surface area (Å²) in [5, 5.41) is 14.1. The summed E-state index contributed by atoms with van der Waals surface area (Å²) in [5.74, 6) is -0.999. The SMILES string of the molecule is O=C(NCCn1ccnc1)Nc1ccc(C(=O)O)cc1. The summed E-state index contributed by atoms with van der Waals surface area (Å²) in [5.41, 5.74) is 0.714. The fourth-order valence-electron chi connectivity index (χ4n) is 1.59. The van der Waals surface area contributed by atoms with Crippen molar-refractivity contribution in [2.45, 2.75) is 6.54 Å². The number of aromatic carboxylic acids is 1. The average molecular weight is 274 g/mol. The molecule has 0 fully saturated rings. The number of rotatable bonds is 5. The summed E-state index contributed by atoms with van der Waals surface area (Å²) in [6, 6.07) is 5.61.